The maximum atomic E-state index is 6.38. The fraction of sp³-hybridized carbons (Fsp3) is 0. The number of pyridine rings is 1. The van der Waals surface area contributed by atoms with E-state index < -0.39 is 0 Å². The van der Waals surface area contributed by atoms with E-state index in [-0.39, 0.29) is 0 Å². The van der Waals surface area contributed by atoms with E-state index in [1.54, 1.807) is 0 Å². The zero-order valence-electron chi connectivity index (χ0n) is 29.3. The smallest absolute Gasteiger partial charge is 0.136 e. The van der Waals surface area contributed by atoms with Crippen LogP contribution in [0.25, 0.3) is 87.4 Å². The average Bonchev–Trinajstić information content (AvgIpc) is 3.59. The third kappa shape index (κ3) is 5.17. The molecule has 3 nitrogen and oxygen atoms in total. The molecule has 3 heteroatoms. The molecule has 0 atom stereocenters. The molecule has 11 aromatic rings. The predicted octanol–water partition coefficient (Wildman–Crippen LogP) is 14.4. The van der Waals surface area contributed by atoms with Gasteiger partial charge in [-0.1, -0.05) is 109 Å². The number of benzene rings is 9. The Labute approximate surface area is 312 Å². The minimum Gasteiger partial charge on any atom is -0.456 e. The molecule has 54 heavy (non-hydrogen) atoms. The van der Waals surface area contributed by atoms with Crippen LogP contribution in [0.15, 0.2) is 199 Å². The van der Waals surface area contributed by atoms with Crippen LogP contribution in [0.3, 0.4) is 0 Å². The summed E-state index contributed by atoms with van der Waals surface area (Å²) in [5.41, 5.74) is 10.7. The minimum atomic E-state index is 0.857. The molecular weight excluding hydrogens is 657 g/mol. The molecule has 2 heterocycles. The van der Waals surface area contributed by atoms with E-state index in [2.05, 4.69) is 192 Å². The molecule has 9 aromatic carbocycles. The molecule has 0 saturated heterocycles. The number of aromatic nitrogens is 1. The van der Waals surface area contributed by atoms with Crippen molar-refractivity contribution in [2.45, 2.75) is 0 Å². The first-order valence-corrected chi connectivity index (χ1v) is 18.3. The van der Waals surface area contributed by atoms with Gasteiger partial charge in [-0.25, -0.2) is 0 Å². The van der Waals surface area contributed by atoms with Gasteiger partial charge in [0.15, 0.2) is 0 Å². The van der Waals surface area contributed by atoms with Gasteiger partial charge in [-0.15, -0.1) is 0 Å². The molecule has 0 saturated carbocycles. The number of hydrogen-bond acceptors (Lipinski definition) is 3. The predicted molar refractivity (Wildman–Crippen MR) is 227 cm³/mol. The van der Waals surface area contributed by atoms with Crippen molar-refractivity contribution in [1.29, 1.82) is 0 Å². The van der Waals surface area contributed by atoms with Crippen LogP contribution in [0.2, 0.25) is 0 Å². The molecule has 2 aromatic heterocycles. The molecular formula is C51H32N2O. The highest BCUT2D eigenvalue weighted by Gasteiger charge is 2.17. The maximum absolute atomic E-state index is 6.38. The quantitative estimate of drug-likeness (QED) is 0.180. The standard InChI is InChI=1S/C51H32N2O/c1-3-8-36-26-38(13-11-33(36)6-1)35-17-20-44(21-18-35)53(46-23-24-50-47(31-46)48-32-49-43(10-5-25-52-49)30-51(48)54-50)45-22-19-41-28-40(15-16-42(41)29-45)39-14-12-34-7-2-4-9-37(34)27-39/h1-32H. The van der Waals surface area contributed by atoms with Crippen LogP contribution >= 0.6 is 0 Å². The van der Waals surface area contributed by atoms with Crippen molar-refractivity contribution < 1.29 is 4.42 Å². The zero-order valence-corrected chi connectivity index (χ0v) is 29.3. The number of fused-ring (bicyclic) bond motifs is 7. The fourth-order valence-electron chi connectivity index (χ4n) is 8.01. The van der Waals surface area contributed by atoms with Gasteiger partial charge in [-0.2, -0.15) is 0 Å². The molecule has 11 rings (SSSR count). The number of rotatable bonds is 5. The van der Waals surface area contributed by atoms with Crippen molar-refractivity contribution >= 4 is 82.2 Å². The lowest BCUT2D eigenvalue weighted by Gasteiger charge is -2.26. The topological polar surface area (TPSA) is 29.3 Å². The molecule has 0 spiro atoms. The minimum absolute atomic E-state index is 0.857. The summed E-state index contributed by atoms with van der Waals surface area (Å²) in [5, 5.41) is 10.6. The summed E-state index contributed by atoms with van der Waals surface area (Å²) in [5.74, 6) is 0. The SMILES string of the molecule is c1ccc2cc(-c3ccc(N(c4ccc5cc(-c6ccc7ccccc7c6)ccc5c4)c4ccc5oc6cc7cccnc7cc6c5c4)cc3)ccc2c1. The third-order valence-electron chi connectivity index (χ3n) is 10.8. The van der Waals surface area contributed by atoms with Crippen molar-refractivity contribution in [3.63, 3.8) is 0 Å². The normalized spacial score (nSPS) is 11.7. The van der Waals surface area contributed by atoms with Crippen molar-refractivity contribution in [1.82, 2.24) is 4.98 Å². The van der Waals surface area contributed by atoms with Crippen molar-refractivity contribution in [2.24, 2.45) is 0 Å². The summed E-state index contributed by atoms with van der Waals surface area (Å²) >= 11 is 0. The molecule has 252 valence electrons. The van der Waals surface area contributed by atoms with E-state index in [0.717, 1.165) is 49.9 Å². The maximum Gasteiger partial charge on any atom is 0.136 e. The van der Waals surface area contributed by atoms with E-state index >= 15 is 0 Å². The third-order valence-corrected chi connectivity index (χ3v) is 10.8. The highest BCUT2D eigenvalue weighted by atomic mass is 16.3. The molecule has 0 aliphatic heterocycles. The highest BCUT2D eigenvalue weighted by Crippen LogP contribution is 2.41. The summed E-state index contributed by atoms with van der Waals surface area (Å²) in [6, 6.07) is 67.7. The number of anilines is 3. The second-order valence-corrected chi connectivity index (χ2v) is 14.1. The van der Waals surface area contributed by atoms with E-state index in [1.165, 1.54) is 54.6 Å². The second-order valence-electron chi connectivity index (χ2n) is 14.1. The number of furan rings is 1. The average molecular weight is 689 g/mol. The van der Waals surface area contributed by atoms with E-state index in [4.69, 9.17) is 4.42 Å². The van der Waals surface area contributed by atoms with E-state index in [9.17, 15) is 0 Å². The lowest BCUT2D eigenvalue weighted by molar-refractivity contribution is 0.669. The van der Waals surface area contributed by atoms with Crippen LogP contribution in [-0.2, 0) is 0 Å². The van der Waals surface area contributed by atoms with E-state index in [0.29, 0.717) is 0 Å². The van der Waals surface area contributed by atoms with Gasteiger partial charge in [0.25, 0.3) is 0 Å². The van der Waals surface area contributed by atoms with Gasteiger partial charge in [0.2, 0.25) is 0 Å². The van der Waals surface area contributed by atoms with Crippen LogP contribution in [-0.4, -0.2) is 4.98 Å². The first-order chi connectivity index (χ1) is 26.7. The van der Waals surface area contributed by atoms with Crippen LogP contribution in [0.5, 0.6) is 0 Å². The Bertz CT molecular complexity index is 3230. The van der Waals surface area contributed by atoms with Gasteiger partial charge in [0.1, 0.15) is 11.2 Å². The zero-order chi connectivity index (χ0) is 35.6. The molecule has 0 fully saturated rings. The van der Waals surface area contributed by atoms with Crippen LogP contribution in [0, 0.1) is 0 Å². The van der Waals surface area contributed by atoms with Gasteiger partial charge in [-0.05, 0) is 133 Å². The Morgan fingerprint density at radius 1 is 0.333 bits per heavy atom. The number of hydrogen-bond donors (Lipinski definition) is 0. The molecule has 0 unspecified atom stereocenters. The molecule has 0 radical (unpaired) electrons. The molecule has 0 N–H and O–H groups in total. The fourth-order valence-corrected chi connectivity index (χ4v) is 8.01. The second kappa shape index (κ2) is 12.2. The van der Waals surface area contributed by atoms with Gasteiger partial charge < -0.3 is 9.32 Å². The first kappa shape index (κ1) is 30.4. The summed E-state index contributed by atoms with van der Waals surface area (Å²) in [6.45, 7) is 0. The van der Waals surface area contributed by atoms with Crippen molar-refractivity contribution in [3.8, 4) is 22.3 Å². The first-order valence-electron chi connectivity index (χ1n) is 18.3. The Balaban J connectivity index is 1.04. The summed E-state index contributed by atoms with van der Waals surface area (Å²) in [4.78, 5) is 6.98. The Morgan fingerprint density at radius 3 is 1.56 bits per heavy atom. The van der Waals surface area contributed by atoms with Gasteiger partial charge in [0.05, 0.1) is 5.52 Å². The van der Waals surface area contributed by atoms with Gasteiger partial charge in [0, 0.05) is 39.4 Å². The summed E-state index contributed by atoms with van der Waals surface area (Å²) in [6.07, 6.45) is 1.84. The largest absolute Gasteiger partial charge is 0.456 e. The van der Waals surface area contributed by atoms with Crippen LogP contribution in [0.1, 0.15) is 0 Å². The number of nitrogens with zero attached hydrogens (tertiary/aromatic N) is 2. The highest BCUT2D eigenvalue weighted by molar-refractivity contribution is 6.10. The lowest BCUT2D eigenvalue weighted by Crippen LogP contribution is -2.09. The molecule has 0 aliphatic carbocycles. The molecule has 0 amide bonds. The van der Waals surface area contributed by atoms with Crippen molar-refractivity contribution in [2.75, 3.05) is 4.90 Å². The Kier molecular flexibility index (Phi) is 6.86. The Morgan fingerprint density at radius 2 is 0.833 bits per heavy atom. The van der Waals surface area contributed by atoms with Crippen LogP contribution < -0.4 is 4.90 Å². The molecule has 0 bridgehead atoms. The Hall–Kier alpha value is -7.23. The van der Waals surface area contributed by atoms with Gasteiger partial charge >= 0.3 is 0 Å². The summed E-state index contributed by atoms with van der Waals surface area (Å²) < 4.78 is 6.38. The molecule has 0 aliphatic rings. The van der Waals surface area contributed by atoms with Gasteiger partial charge in [-0.3, -0.25) is 4.98 Å². The van der Waals surface area contributed by atoms with Crippen LogP contribution in [0.4, 0.5) is 17.1 Å². The van der Waals surface area contributed by atoms with Crippen molar-refractivity contribution in [3.05, 3.63) is 194 Å². The summed E-state index contributed by atoms with van der Waals surface area (Å²) in [7, 11) is 0. The van der Waals surface area contributed by atoms with E-state index in [1.807, 2.05) is 12.3 Å². The monoisotopic (exact) mass is 688 g/mol. The lowest BCUT2D eigenvalue weighted by atomic mass is 9.98.